The molecule has 120 valence electrons. The molecule has 0 radical (unpaired) electrons. The Morgan fingerprint density at radius 3 is 2.35 bits per heavy atom. The molecule has 23 heavy (non-hydrogen) atoms. The summed E-state index contributed by atoms with van der Waals surface area (Å²) in [6.07, 6.45) is 7.21. The third-order valence-corrected chi connectivity index (χ3v) is 5.18. The predicted octanol–water partition coefficient (Wildman–Crippen LogP) is 3.30. The lowest BCUT2D eigenvalue weighted by molar-refractivity contribution is 0.532. The Morgan fingerprint density at radius 1 is 1.09 bits per heavy atom. The summed E-state index contributed by atoms with van der Waals surface area (Å²) < 4.78 is 27.7. The molecule has 1 N–H and O–H groups in total. The normalized spacial score (nSPS) is 12.5. The SMILES string of the molecule is C#CCC(CCc1ccccc1)NS(=O)(=O)c1ccc(C)cc1. The molecule has 0 saturated heterocycles. The van der Waals surface area contributed by atoms with Gasteiger partial charge < -0.3 is 0 Å². The average Bonchev–Trinajstić information content (AvgIpc) is 2.54. The van der Waals surface area contributed by atoms with E-state index in [0.29, 0.717) is 12.8 Å². The van der Waals surface area contributed by atoms with Gasteiger partial charge in [0.2, 0.25) is 10.0 Å². The van der Waals surface area contributed by atoms with E-state index in [9.17, 15) is 8.42 Å². The summed E-state index contributed by atoms with van der Waals surface area (Å²) in [4.78, 5) is 0.268. The lowest BCUT2D eigenvalue weighted by atomic mass is 10.0. The van der Waals surface area contributed by atoms with Gasteiger partial charge in [0.15, 0.2) is 0 Å². The number of hydrogen-bond donors (Lipinski definition) is 1. The monoisotopic (exact) mass is 327 g/mol. The molecule has 2 aromatic rings. The van der Waals surface area contributed by atoms with Gasteiger partial charge in [-0.05, 0) is 37.5 Å². The Labute approximate surface area is 138 Å². The van der Waals surface area contributed by atoms with E-state index in [1.807, 2.05) is 37.3 Å². The molecular formula is C19H21NO2S. The molecule has 0 spiro atoms. The van der Waals surface area contributed by atoms with Crippen molar-refractivity contribution in [2.45, 2.75) is 37.1 Å². The molecule has 0 aliphatic heterocycles. The standard InChI is InChI=1S/C19H21NO2S/c1-3-7-18(13-12-17-8-5-4-6-9-17)20-23(21,22)19-14-10-16(2)11-15-19/h1,4-6,8-11,14-15,18,20H,7,12-13H2,2H3. The summed E-state index contributed by atoms with van der Waals surface area (Å²) in [5, 5.41) is 0. The van der Waals surface area contributed by atoms with Gasteiger partial charge in [-0.15, -0.1) is 12.3 Å². The van der Waals surface area contributed by atoms with Crippen LogP contribution in [0, 0.1) is 19.3 Å². The summed E-state index contributed by atoms with van der Waals surface area (Å²) in [5.41, 5.74) is 2.19. The highest BCUT2D eigenvalue weighted by atomic mass is 32.2. The minimum absolute atomic E-state index is 0.268. The minimum atomic E-state index is -3.55. The van der Waals surface area contributed by atoms with Gasteiger partial charge in [0.05, 0.1) is 4.90 Å². The van der Waals surface area contributed by atoms with E-state index in [4.69, 9.17) is 6.42 Å². The Morgan fingerprint density at radius 2 is 1.74 bits per heavy atom. The summed E-state index contributed by atoms with van der Waals surface area (Å²) in [6, 6.07) is 16.5. The molecule has 0 aliphatic rings. The van der Waals surface area contributed by atoms with E-state index in [1.54, 1.807) is 24.3 Å². The van der Waals surface area contributed by atoms with Crippen LogP contribution in [0.4, 0.5) is 0 Å². The molecule has 1 atom stereocenters. The van der Waals surface area contributed by atoms with Gasteiger partial charge in [-0.3, -0.25) is 0 Å². The maximum atomic E-state index is 12.5. The zero-order valence-corrected chi connectivity index (χ0v) is 14.0. The van der Waals surface area contributed by atoms with Crippen molar-refractivity contribution in [1.29, 1.82) is 0 Å². The maximum Gasteiger partial charge on any atom is 0.240 e. The van der Waals surface area contributed by atoms with Gasteiger partial charge in [-0.2, -0.15) is 0 Å². The summed E-state index contributed by atoms with van der Waals surface area (Å²) in [6.45, 7) is 1.92. The van der Waals surface area contributed by atoms with Crippen molar-refractivity contribution in [1.82, 2.24) is 4.72 Å². The first-order chi connectivity index (χ1) is 11.0. The summed E-state index contributed by atoms with van der Waals surface area (Å²) >= 11 is 0. The molecule has 0 amide bonds. The van der Waals surface area contributed by atoms with E-state index in [2.05, 4.69) is 10.6 Å². The van der Waals surface area contributed by atoms with Crippen molar-refractivity contribution in [2.24, 2.45) is 0 Å². The van der Waals surface area contributed by atoms with Crippen molar-refractivity contribution >= 4 is 10.0 Å². The van der Waals surface area contributed by atoms with E-state index < -0.39 is 10.0 Å². The fraction of sp³-hybridized carbons (Fsp3) is 0.263. The number of sulfonamides is 1. The van der Waals surface area contributed by atoms with Crippen molar-refractivity contribution in [3.63, 3.8) is 0 Å². The zero-order chi connectivity index (χ0) is 16.7. The molecule has 4 heteroatoms. The first-order valence-electron chi connectivity index (χ1n) is 7.57. The van der Waals surface area contributed by atoms with Crippen LogP contribution in [0.2, 0.25) is 0 Å². The number of rotatable bonds is 7. The van der Waals surface area contributed by atoms with Crippen molar-refractivity contribution in [2.75, 3.05) is 0 Å². The van der Waals surface area contributed by atoms with Crippen LogP contribution >= 0.6 is 0 Å². The highest BCUT2D eigenvalue weighted by Crippen LogP contribution is 2.13. The quantitative estimate of drug-likeness (QED) is 0.793. The van der Waals surface area contributed by atoms with E-state index in [1.165, 1.54) is 5.56 Å². The van der Waals surface area contributed by atoms with Crippen LogP contribution < -0.4 is 4.72 Å². The largest absolute Gasteiger partial charge is 0.240 e. The van der Waals surface area contributed by atoms with Crippen LogP contribution in [0.3, 0.4) is 0 Å². The Kier molecular flexibility index (Phi) is 5.97. The van der Waals surface area contributed by atoms with Gasteiger partial charge in [0, 0.05) is 12.5 Å². The molecule has 2 rings (SSSR count). The second-order valence-corrected chi connectivity index (χ2v) is 7.28. The number of aryl methyl sites for hydroxylation is 2. The maximum absolute atomic E-state index is 12.5. The topological polar surface area (TPSA) is 46.2 Å². The van der Waals surface area contributed by atoms with E-state index >= 15 is 0 Å². The van der Waals surface area contributed by atoms with Crippen molar-refractivity contribution in [3.8, 4) is 12.3 Å². The van der Waals surface area contributed by atoms with Gasteiger partial charge >= 0.3 is 0 Å². The lowest BCUT2D eigenvalue weighted by Gasteiger charge is -2.17. The third kappa shape index (κ3) is 5.24. The van der Waals surface area contributed by atoms with Crippen LogP contribution in [0.1, 0.15) is 24.0 Å². The fourth-order valence-electron chi connectivity index (χ4n) is 2.34. The van der Waals surface area contributed by atoms with Crippen LogP contribution in [0.15, 0.2) is 59.5 Å². The molecule has 3 nitrogen and oxygen atoms in total. The molecule has 0 saturated carbocycles. The molecule has 0 heterocycles. The zero-order valence-electron chi connectivity index (χ0n) is 13.2. The Bertz CT molecular complexity index is 759. The fourth-order valence-corrected chi connectivity index (χ4v) is 3.61. The van der Waals surface area contributed by atoms with Crippen molar-refractivity contribution < 1.29 is 8.42 Å². The highest BCUT2D eigenvalue weighted by Gasteiger charge is 2.19. The van der Waals surface area contributed by atoms with Gasteiger partial charge in [-0.25, -0.2) is 13.1 Å². The molecular weight excluding hydrogens is 306 g/mol. The second kappa shape index (κ2) is 7.96. The number of nitrogens with one attached hydrogen (secondary N) is 1. The molecule has 0 bridgehead atoms. The Balaban J connectivity index is 2.06. The van der Waals surface area contributed by atoms with E-state index in [-0.39, 0.29) is 10.9 Å². The molecule has 2 aromatic carbocycles. The van der Waals surface area contributed by atoms with Gasteiger partial charge in [0.25, 0.3) is 0 Å². The Hall–Kier alpha value is -2.09. The summed E-state index contributed by atoms with van der Waals surface area (Å²) in [7, 11) is -3.55. The molecule has 0 fully saturated rings. The number of terminal acetylenes is 1. The second-order valence-electron chi connectivity index (χ2n) is 5.56. The predicted molar refractivity (Wildman–Crippen MR) is 93.5 cm³/mol. The van der Waals surface area contributed by atoms with E-state index in [0.717, 1.165) is 12.0 Å². The molecule has 0 aromatic heterocycles. The van der Waals surface area contributed by atoms with Gasteiger partial charge in [-0.1, -0.05) is 48.0 Å². The first-order valence-corrected chi connectivity index (χ1v) is 9.06. The number of benzene rings is 2. The highest BCUT2D eigenvalue weighted by molar-refractivity contribution is 7.89. The third-order valence-electron chi connectivity index (χ3n) is 3.64. The van der Waals surface area contributed by atoms with Crippen LogP contribution in [0.5, 0.6) is 0 Å². The van der Waals surface area contributed by atoms with Gasteiger partial charge in [0.1, 0.15) is 0 Å². The molecule has 1 unspecified atom stereocenters. The van der Waals surface area contributed by atoms with Crippen LogP contribution in [-0.4, -0.2) is 14.5 Å². The number of hydrogen-bond acceptors (Lipinski definition) is 2. The van der Waals surface area contributed by atoms with Crippen LogP contribution in [-0.2, 0) is 16.4 Å². The minimum Gasteiger partial charge on any atom is -0.207 e. The first kappa shape index (κ1) is 17.3. The molecule has 0 aliphatic carbocycles. The van der Waals surface area contributed by atoms with Crippen LogP contribution in [0.25, 0.3) is 0 Å². The van der Waals surface area contributed by atoms with Crippen molar-refractivity contribution in [3.05, 3.63) is 65.7 Å². The smallest absolute Gasteiger partial charge is 0.207 e. The lowest BCUT2D eigenvalue weighted by Crippen LogP contribution is -2.35. The summed E-state index contributed by atoms with van der Waals surface area (Å²) in [5.74, 6) is 2.56. The average molecular weight is 327 g/mol.